The number of benzene rings is 1. The minimum Gasteiger partial charge on any atom is -0.453 e. The van der Waals surface area contributed by atoms with Gasteiger partial charge in [-0.3, -0.25) is 9.59 Å². The molecule has 0 radical (unpaired) electrons. The number of nitrogens with one attached hydrogen (secondary N) is 1. The summed E-state index contributed by atoms with van der Waals surface area (Å²) in [5.74, 6) is -1.68. The fourth-order valence-corrected chi connectivity index (χ4v) is 5.86. The molecule has 166 valence electrons. The average Bonchev–Trinajstić information content (AvgIpc) is 3.09. The SMILES string of the molecule is COC(=O)N1CCc2c(sc(NC(=O)CCS(=O)(=O)c3ccc(Cl)cc3)c2C(N)=O)C1. The van der Waals surface area contributed by atoms with Crippen molar-refractivity contribution in [1.82, 2.24) is 4.90 Å². The first kappa shape index (κ1) is 23.0. The third-order valence-corrected chi connectivity index (χ3v) is 7.88. The number of nitrogens with zero attached hydrogens (tertiary/aromatic N) is 1. The zero-order valence-electron chi connectivity index (χ0n) is 16.5. The number of ether oxygens (including phenoxy) is 1. The lowest BCUT2D eigenvalue weighted by molar-refractivity contribution is -0.115. The van der Waals surface area contributed by atoms with Gasteiger partial charge in [0.15, 0.2) is 9.84 Å². The van der Waals surface area contributed by atoms with Gasteiger partial charge < -0.3 is 20.7 Å². The molecule has 9 nitrogen and oxygen atoms in total. The molecule has 1 aromatic carbocycles. The topological polar surface area (TPSA) is 136 Å². The maximum Gasteiger partial charge on any atom is 0.409 e. The van der Waals surface area contributed by atoms with Crippen LogP contribution in [0.1, 0.15) is 27.2 Å². The lowest BCUT2D eigenvalue weighted by atomic mass is 10.0. The highest BCUT2D eigenvalue weighted by Gasteiger charge is 2.30. The maximum absolute atomic E-state index is 12.4. The summed E-state index contributed by atoms with van der Waals surface area (Å²) in [6.45, 7) is 0.581. The highest BCUT2D eigenvalue weighted by atomic mass is 35.5. The predicted molar refractivity (Wildman–Crippen MR) is 116 cm³/mol. The molecule has 31 heavy (non-hydrogen) atoms. The second-order valence-corrected chi connectivity index (χ2v) is 10.4. The standard InChI is InChI=1S/C19H20ClN3O6S2/c1-29-19(26)23-8-6-13-14(10-23)30-18(16(13)17(21)25)22-15(24)7-9-31(27,28)12-4-2-11(20)3-5-12/h2-5H,6-10H2,1H3,(H2,21,25)(H,22,24). The van der Waals surface area contributed by atoms with Crippen molar-refractivity contribution in [2.45, 2.75) is 24.3 Å². The summed E-state index contributed by atoms with van der Waals surface area (Å²) < 4.78 is 29.6. The predicted octanol–water partition coefficient (Wildman–Crippen LogP) is 2.43. The molecular formula is C19H20ClN3O6S2. The molecule has 1 aliphatic heterocycles. The molecule has 0 spiro atoms. The van der Waals surface area contributed by atoms with Crippen molar-refractivity contribution in [3.8, 4) is 0 Å². The van der Waals surface area contributed by atoms with E-state index >= 15 is 0 Å². The van der Waals surface area contributed by atoms with Gasteiger partial charge in [-0.1, -0.05) is 11.6 Å². The molecular weight excluding hydrogens is 466 g/mol. The normalized spacial score (nSPS) is 13.4. The number of primary amides is 1. The van der Waals surface area contributed by atoms with Gasteiger partial charge in [0.05, 0.1) is 29.9 Å². The van der Waals surface area contributed by atoms with Crippen LogP contribution in [-0.2, 0) is 32.3 Å². The molecule has 1 aliphatic rings. The highest BCUT2D eigenvalue weighted by molar-refractivity contribution is 7.91. The van der Waals surface area contributed by atoms with Crippen LogP contribution in [0.3, 0.4) is 0 Å². The van der Waals surface area contributed by atoms with Crippen LogP contribution in [0.15, 0.2) is 29.2 Å². The summed E-state index contributed by atoms with van der Waals surface area (Å²) in [5.41, 5.74) is 6.39. The number of carbonyl (C=O) groups excluding carboxylic acids is 3. The van der Waals surface area contributed by atoms with E-state index in [4.69, 9.17) is 22.1 Å². The Morgan fingerprint density at radius 3 is 2.55 bits per heavy atom. The third kappa shape index (κ3) is 5.17. The fourth-order valence-electron chi connectivity index (χ4n) is 3.21. The number of hydrogen-bond donors (Lipinski definition) is 2. The Morgan fingerprint density at radius 1 is 1.26 bits per heavy atom. The average molecular weight is 486 g/mol. The maximum atomic E-state index is 12.4. The molecule has 0 unspecified atom stereocenters. The quantitative estimate of drug-likeness (QED) is 0.644. The number of sulfone groups is 1. The molecule has 2 heterocycles. The van der Waals surface area contributed by atoms with E-state index in [9.17, 15) is 22.8 Å². The zero-order chi connectivity index (χ0) is 22.8. The van der Waals surface area contributed by atoms with Crippen molar-refractivity contribution in [3.05, 3.63) is 45.3 Å². The summed E-state index contributed by atoms with van der Waals surface area (Å²) >= 11 is 6.91. The van der Waals surface area contributed by atoms with Crippen LogP contribution in [0.5, 0.6) is 0 Å². The minimum atomic E-state index is -3.68. The number of nitrogens with two attached hydrogens (primary N) is 1. The van der Waals surface area contributed by atoms with Crippen LogP contribution in [0.4, 0.5) is 9.80 Å². The Morgan fingerprint density at radius 2 is 1.94 bits per heavy atom. The first-order valence-corrected chi connectivity index (χ1v) is 12.0. The number of halogens is 1. The molecule has 3 N–H and O–H groups in total. The Labute approximate surface area is 188 Å². The molecule has 0 saturated carbocycles. The van der Waals surface area contributed by atoms with Gasteiger partial charge in [-0.25, -0.2) is 13.2 Å². The number of methoxy groups -OCH3 is 1. The molecule has 0 bridgehead atoms. The number of amides is 3. The molecule has 0 saturated heterocycles. The van der Waals surface area contributed by atoms with Gasteiger partial charge in [0, 0.05) is 22.9 Å². The van der Waals surface area contributed by atoms with Crippen molar-refractivity contribution in [1.29, 1.82) is 0 Å². The van der Waals surface area contributed by atoms with Crippen molar-refractivity contribution >= 4 is 55.7 Å². The van der Waals surface area contributed by atoms with Gasteiger partial charge in [0.25, 0.3) is 5.91 Å². The van der Waals surface area contributed by atoms with Crippen LogP contribution in [0.25, 0.3) is 0 Å². The zero-order valence-corrected chi connectivity index (χ0v) is 18.9. The number of hydrogen-bond acceptors (Lipinski definition) is 7. The van der Waals surface area contributed by atoms with Crippen molar-refractivity contribution in [3.63, 3.8) is 0 Å². The Hall–Kier alpha value is -2.63. The van der Waals surface area contributed by atoms with E-state index in [2.05, 4.69) is 5.32 Å². The smallest absolute Gasteiger partial charge is 0.409 e. The van der Waals surface area contributed by atoms with Crippen LogP contribution >= 0.6 is 22.9 Å². The monoisotopic (exact) mass is 485 g/mol. The van der Waals surface area contributed by atoms with Gasteiger partial charge in [0.2, 0.25) is 5.91 Å². The molecule has 12 heteroatoms. The van der Waals surface area contributed by atoms with Gasteiger partial charge in [0.1, 0.15) is 5.00 Å². The lowest BCUT2D eigenvalue weighted by Gasteiger charge is -2.25. The van der Waals surface area contributed by atoms with Crippen LogP contribution in [0, 0.1) is 0 Å². The number of thiophene rings is 1. The first-order valence-electron chi connectivity index (χ1n) is 9.17. The molecule has 1 aromatic heterocycles. The van der Waals surface area contributed by atoms with Crippen molar-refractivity contribution in [2.24, 2.45) is 5.73 Å². The van der Waals surface area contributed by atoms with Crippen molar-refractivity contribution < 1.29 is 27.5 Å². The van der Waals surface area contributed by atoms with E-state index in [0.717, 1.165) is 16.2 Å². The van der Waals surface area contributed by atoms with E-state index in [0.29, 0.717) is 23.6 Å². The first-order chi connectivity index (χ1) is 14.6. The molecule has 3 amide bonds. The fraction of sp³-hybridized carbons (Fsp3) is 0.316. The van der Waals surface area contributed by atoms with Crippen LogP contribution in [0.2, 0.25) is 5.02 Å². The third-order valence-electron chi connectivity index (χ3n) is 4.76. The Balaban J connectivity index is 1.73. The number of rotatable bonds is 6. The summed E-state index contributed by atoms with van der Waals surface area (Å²) in [6, 6.07) is 5.67. The van der Waals surface area contributed by atoms with E-state index in [-0.39, 0.29) is 28.4 Å². The van der Waals surface area contributed by atoms with Crippen molar-refractivity contribution in [2.75, 3.05) is 24.7 Å². The lowest BCUT2D eigenvalue weighted by Crippen LogP contribution is -2.35. The molecule has 0 atom stereocenters. The molecule has 3 rings (SSSR count). The largest absolute Gasteiger partial charge is 0.453 e. The van der Waals surface area contributed by atoms with E-state index in [1.54, 1.807) is 0 Å². The summed E-state index contributed by atoms with van der Waals surface area (Å²) in [7, 11) is -2.40. The van der Waals surface area contributed by atoms with E-state index in [1.807, 2.05) is 0 Å². The second-order valence-electron chi connectivity index (χ2n) is 6.78. The van der Waals surface area contributed by atoms with E-state index in [1.165, 1.54) is 36.3 Å². The number of anilines is 1. The summed E-state index contributed by atoms with van der Waals surface area (Å²) in [4.78, 5) is 38.5. The Kier molecular flexibility index (Phi) is 6.87. The number of carbonyl (C=O) groups is 3. The highest BCUT2D eigenvalue weighted by Crippen LogP contribution is 2.37. The van der Waals surface area contributed by atoms with E-state index < -0.39 is 33.5 Å². The summed E-state index contributed by atoms with van der Waals surface area (Å²) in [6.07, 6.45) is -0.405. The molecule has 0 fully saturated rings. The molecule has 2 aromatic rings. The second kappa shape index (κ2) is 9.25. The minimum absolute atomic E-state index is 0.0667. The van der Waals surface area contributed by atoms with Crippen LogP contribution in [-0.4, -0.2) is 50.6 Å². The van der Waals surface area contributed by atoms with Gasteiger partial charge in [-0.05, 0) is 36.2 Å². The number of fused-ring (bicyclic) bond motifs is 1. The van der Waals surface area contributed by atoms with Crippen LogP contribution < -0.4 is 11.1 Å². The molecule has 0 aliphatic carbocycles. The summed E-state index contributed by atoms with van der Waals surface area (Å²) in [5, 5.41) is 3.25. The van der Waals surface area contributed by atoms with Gasteiger partial charge in [-0.2, -0.15) is 0 Å². The Bertz CT molecular complexity index is 1130. The van der Waals surface area contributed by atoms with Gasteiger partial charge in [-0.15, -0.1) is 11.3 Å². The van der Waals surface area contributed by atoms with Gasteiger partial charge >= 0.3 is 6.09 Å².